The van der Waals surface area contributed by atoms with Gasteiger partial charge in [-0.2, -0.15) is 0 Å². The Labute approximate surface area is 221 Å². The van der Waals surface area contributed by atoms with E-state index in [-0.39, 0.29) is 24.8 Å². The molecule has 3 heterocycles. The zero-order valence-corrected chi connectivity index (χ0v) is 21.0. The molecule has 1 fully saturated rings. The van der Waals surface area contributed by atoms with Gasteiger partial charge in [-0.15, -0.1) is 0 Å². The smallest absolute Gasteiger partial charge is 0.256 e. The number of carbonyl (C=O) groups excluding carboxylic acids is 2. The Morgan fingerprint density at radius 1 is 0.947 bits per heavy atom. The standard InChI is InChI=1S/C29H30N4O5/c34-28(30-11-12-32-13-15-36-16-14-32)21-6-8-22(9-7-21)31-27-23-3-1-2-4-24(23)29(35)33(27)18-20-5-10-25-26(17-20)38-19-37-25/h1-10,17,27,31H,11-16,18-19H2,(H,30,34). The van der Waals surface area contributed by atoms with Gasteiger partial charge in [-0.05, 0) is 48.0 Å². The molecule has 9 heteroatoms. The second-order valence-electron chi connectivity index (χ2n) is 9.54. The van der Waals surface area contributed by atoms with E-state index in [1.54, 1.807) is 12.1 Å². The summed E-state index contributed by atoms with van der Waals surface area (Å²) in [5, 5.41) is 6.50. The highest BCUT2D eigenvalue weighted by Crippen LogP contribution is 2.37. The highest BCUT2D eigenvalue weighted by Gasteiger charge is 2.36. The average molecular weight is 515 g/mol. The monoisotopic (exact) mass is 514 g/mol. The minimum Gasteiger partial charge on any atom is -0.454 e. The fraction of sp³-hybridized carbons (Fsp3) is 0.310. The van der Waals surface area contributed by atoms with E-state index in [4.69, 9.17) is 14.2 Å². The molecule has 3 aliphatic heterocycles. The van der Waals surface area contributed by atoms with Crippen molar-refractivity contribution in [2.75, 3.05) is 51.5 Å². The van der Waals surface area contributed by atoms with Crippen LogP contribution < -0.4 is 20.1 Å². The van der Waals surface area contributed by atoms with Gasteiger partial charge in [0.05, 0.1) is 13.2 Å². The van der Waals surface area contributed by atoms with E-state index in [0.717, 1.165) is 49.7 Å². The molecule has 9 nitrogen and oxygen atoms in total. The predicted octanol–water partition coefficient (Wildman–Crippen LogP) is 3.24. The summed E-state index contributed by atoms with van der Waals surface area (Å²) in [4.78, 5) is 30.1. The van der Waals surface area contributed by atoms with E-state index in [1.165, 1.54) is 0 Å². The van der Waals surface area contributed by atoms with Gasteiger partial charge in [-0.1, -0.05) is 24.3 Å². The van der Waals surface area contributed by atoms with Crippen molar-refractivity contribution in [3.05, 3.63) is 89.0 Å². The first kappa shape index (κ1) is 24.3. The molecule has 3 aromatic carbocycles. The molecule has 196 valence electrons. The third-order valence-electron chi connectivity index (χ3n) is 7.12. The summed E-state index contributed by atoms with van der Waals surface area (Å²) < 4.78 is 16.3. The van der Waals surface area contributed by atoms with E-state index >= 15 is 0 Å². The van der Waals surface area contributed by atoms with Crippen molar-refractivity contribution in [2.45, 2.75) is 12.7 Å². The van der Waals surface area contributed by atoms with Gasteiger partial charge in [0, 0.05) is 55.1 Å². The molecule has 0 aliphatic carbocycles. The molecule has 1 unspecified atom stereocenters. The van der Waals surface area contributed by atoms with Crippen molar-refractivity contribution < 1.29 is 23.8 Å². The van der Waals surface area contributed by atoms with Crippen molar-refractivity contribution in [2.24, 2.45) is 0 Å². The Bertz CT molecular complexity index is 1320. The lowest BCUT2D eigenvalue weighted by atomic mass is 10.1. The van der Waals surface area contributed by atoms with Crippen molar-refractivity contribution in [3.8, 4) is 11.5 Å². The predicted molar refractivity (Wildman–Crippen MR) is 141 cm³/mol. The van der Waals surface area contributed by atoms with Crippen LogP contribution in [0.2, 0.25) is 0 Å². The number of nitrogens with one attached hydrogen (secondary N) is 2. The van der Waals surface area contributed by atoms with Crippen molar-refractivity contribution >= 4 is 17.5 Å². The summed E-state index contributed by atoms with van der Waals surface area (Å²) >= 11 is 0. The molecule has 3 aromatic rings. The molecule has 2 N–H and O–H groups in total. The summed E-state index contributed by atoms with van der Waals surface area (Å²) in [6.07, 6.45) is -0.350. The van der Waals surface area contributed by atoms with Gasteiger partial charge in [0.25, 0.3) is 11.8 Å². The average Bonchev–Trinajstić information content (AvgIpc) is 3.53. The molecule has 0 saturated carbocycles. The van der Waals surface area contributed by atoms with E-state index in [2.05, 4.69) is 15.5 Å². The maximum Gasteiger partial charge on any atom is 0.256 e. The highest BCUT2D eigenvalue weighted by atomic mass is 16.7. The summed E-state index contributed by atoms with van der Waals surface area (Å²) in [6, 6.07) is 20.8. The van der Waals surface area contributed by atoms with Crippen LogP contribution in [0.1, 0.15) is 38.0 Å². The zero-order valence-electron chi connectivity index (χ0n) is 21.0. The summed E-state index contributed by atoms with van der Waals surface area (Å²) in [5.74, 6) is 1.27. The molecule has 0 aromatic heterocycles. The van der Waals surface area contributed by atoms with E-state index < -0.39 is 0 Å². The minimum absolute atomic E-state index is 0.0352. The summed E-state index contributed by atoms with van der Waals surface area (Å²) in [5.41, 5.74) is 3.97. The Morgan fingerprint density at radius 2 is 1.74 bits per heavy atom. The van der Waals surface area contributed by atoms with Crippen LogP contribution in [0.15, 0.2) is 66.7 Å². The number of amides is 2. The number of carbonyl (C=O) groups is 2. The molecular formula is C29H30N4O5. The minimum atomic E-state index is -0.350. The lowest BCUT2D eigenvalue weighted by Crippen LogP contribution is -2.41. The Balaban J connectivity index is 1.13. The van der Waals surface area contributed by atoms with E-state index in [1.807, 2.05) is 59.5 Å². The number of morpholine rings is 1. The van der Waals surface area contributed by atoms with E-state index in [0.29, 0.717) is 35.7 Å². The number of anilines is 1. The van der Waals surface area contributed by atoms with Crippen LogP contribution in [0.5, 0.6) is 11.5 Å². The second kappa shape index (κ2) is 10.7. The molecule has 0 radical (unpaired) electrons. The summed E-state index contributed by atoms with van der Waals surface area (Å²) in [7, 11) is 0. The molecule has 3 aliphatic rings. The third-order valence-corrected chi connectivity index (χ3v) is 7.12. The zero-order chi connectivity index (χ0) is 25.9. The second-order valence-corrected chi connectivity index (χ2v) is 9.54. The van der Waals surface area contributed by atoms with Crippen LogP contribution in [-0.2, 0) is 11.3 Å². The quantitative estimate of drug-likeness (QED) is 0.477. The molecule has 0 bridgehead atoms. The molecule has 38 heavy (non-hydrogen) atoms. The number of fused-ring (bicyclic) bond motifs is 2. The Kier molecular flexibility index (Phi) is 6.85. The van der Waals surface area contributed by atoms with Crippen LogP contribution in [0.4, 0.5) is 5.69 Å². The van der Waals surface area contributed by atoms with Crippen LogP contribution in [0.3, 0.4) is 0 Å². The fourth-order valence-electron chi connectivity index (χ4n) is 5.05. The van der Waals surface area contributed by atoms with Gasteiger partial charge in [0.1, 0.15) is 6.17 Å². The Morgan fingerprint density at radius 3 is 2.58 bits per heavy atom. The van der Waals surface area contributed by atoms with Crippen molar-refractivity contribution in [1.29, 1.82) is 0 Å². The normalized spacial score (nSPS) is 18.4. The lowest BCUT2D eigenvalue weighted by Gasteiger charge is -2.27. The largest absolute Gasteiger partial charge is 0.454 e. The van der Waals surface area contributed by atoms with Crippen LogP contribution in [0.25, 0.3) is 0 Å². The Hall–Kier alpha value is -4.08. The highest BCUT2D eigenvalue weighted by molar-refractivity contribution is 5.99. The molecule has 0 spiro atoms. The maximum atomic E-state index is 13.4. The van der Waals surface area contributed by atoms with Gasteiger partial charge in [0.15, 0.2) is 11.5 Å². The number of rotatable bonds is 8. The molecule has 1 atom stereocenters. The number of benzene rings is 3. The lowest BCUT2D eigenvalue weighted by molar-refractivity contribution is 0.0383. The first-order valence-electron chi connectivity index (χ1n) is 12.9. The maximum absolute atomic E-state index is 13.4. The van der Waals surface area contributed by atoms with Gasteiger partial charge in [0.2, 0.25) is 6.79 Å². The van der Waals surface area contributed by atoms with Gasteiger partial charge in [-0.3, -0.25) is 14.5 Å². The molecule has 6 rings (SSSR count). The van der Waals surface area contributed by atoms with Crippen molar-refractivity contribution in [3.63, 3.8) is 0 Å². The van der Waals surface area contributed by atoms with Gasteiger partial charge >= 0.3 is 0 Å². The third kappa shape index (κ3) is 5.03. The first-order valence-corrected chi connectivity index (χ1v) is 12.9. The topological polar surface area (TPSA) is 92.4 Å². The van der Waals surface area contributed by atoms with Crippen LogP contribution >= 0.6 is 0 Å². The fourth-order valence-corrected chi connectivity index (χ4v) is 5.05. The number of nitrogens with zero attached hydrogens (tertiary/aromatic N) is 2. The molecular weight excluding hydrogens is 484 g/mol. The first-order chi connectivity index (χ1) is 18.7. The molecule has 2 amide bonds. The van der Waals surface area contributed by atoms with E-state index in [9.17, 15) is 9.59 Å². The van der Waals surface area contributed by atoms with Gasteiger partial charge in [-0.25, -0.2) is 0 Å². The van der Waals surface area contributed by atoms with Gasteiger partial charge < -0.3 is 29.7 Å². The summed E-state index contributed by atoms with van der Waals surface area (Å²) in [6.45, 7) is 5.30. The number of hydrogen-bond donors (Lipinski definition) is 2. The van der Waals surface area contributed by atoms with Crippen molar-refractivity contribution in [1.82, 2.24) is 15.1 Å². The number of hydrogen-bond acceptors (Lipinski definition) is 7. The van der Waals surface area contributed by atoms with Crippen LogP contribution in [0, 0.1) is 0 Å². The van der Waals surface area contributed by atoms with Crippen LogP contribution in [-0.4, -0.2) is 67.8 Å². The molecule has 1 saturated heterocycles. The SMILES string of the molecule is O=C(NCCN1CCOCC1)c1ccc(NC2c3ccccc3C(=O)N2Cc2ccc3c(c2)OCO3)cc1. The number of ether oxygens (including phenoxy) is 3.